The van der Waals surface area contributed by atoms with E-state index < -0.39 is 16.1 Å². The van der Waals surface area contributed by atoms with Gasteiger partial charge in [0.25, 0.3) is 15.9 Å². The Bertz CT molecular complexity index is 1270. The largest absolute Gasteiger partial charge is 0.495 e. The monoisotopic (exact) mass is 482 g/mol. The molecule has 0 fully saturated rings. The van der Waals surface area contributed by atoms with Crippen LogP contribution < -0.4 is 19.5 Å². The highest BCUT2D eigenvalue weighted by Crippen LogP contribution is 2.28. The quantitative estimate of drug-likeness (QED) is 0.436. The van der Waals surface area contributed by atoms with Crippen molar-refractivity contribution in [2.75, 3.05) is 17.1 Å². The first kappa shape index (κ1) is 25.1. The van der Waals surface area contributed by atoms with E-state index in [1.54, 1.807) is 24.3 Å². The van der Waals surface area contributed by atoms with Crippen molar-refractivity contribution in [3.63, 3.8) is 0 Å². The molecule has 2 N–H and O–H groups in total. The number of carbonyl (C=O) groups excluding carboxylic acids is 1. The molecule has 1 atom stereocenters. The molecule has 0 aliphatic rings. The fourth-order valence-electron chi connectivity index (χ4n) is 3.36. The molecular weight excluding hydrogens is 452 g/mol. The summed E-state index contributed by atoms with van der Waals surface area (Å²) >= 11 is 0. The summed E-state index contributed by atoms with van der Waals surface area (Å²) in [5.74, 6) is 0.787. The Hall–Kier alpha value is -3.52. The van der Waals surface area contributed by atoms with Crippen LogP contribution in [0.2, 0.25) is 0 Å². The molecule has 0 aliphatic carbocycles. The number of anilines is 2. The summed E-state index contributed by atoms with van der Waals surface area (Å²) in [7, 11) is -2.37. The molecule has 3 rings (SSSR count). The number of hydrogen-bond donors (Lipinski definition) is 2. The van der Waals surface area contributed by atoms with Gasteiger partial charge in [0, 0.05) is 5.69 Å². The molecule has 0 saturated heterocycles. The van der Waals surface area contributed by atoms with Gasteiger partial charge in [-0.05, 0) is 86.3 Å². The van der Waals surface area contributed by atoms with Crippen molar-refractivity contribution < 1.29 is 22.7 Å². The number of amides is 1. The van der Waals surface area contributed by atoms with Crippen LogP contribution in [0.25, 0.3) is 0 Å². The lowest BCUT2D eigenvalue weighted by Gasteiger charge is -2.19. The van der Waals surface area contributed by atoms with E-state index in [4.69, 9.17) is 9.47 Å². The fraction of sp³-hybridized carbons (Fsp3) is 0.269. The van der Waals surface area contributed by atoms with Crippen molar-refractivity contribution in [3.05, 3.63) is 77.4 Å². The second kappa shape index (κ2) is 10.6. The summed E-state index contributed by atoms with van der Waals surface area (Å²) in [4.78, 5) is 12.9. The summed E-state index contributed by atoms with van der Waals surface area (Å²) in [6.07, 6.45) is -0.201. The number of carbonyl (C=O) groups is 1. The normalized spacial score (nSPS) is 12.0. The maximum atomic E-state index is 12.9. The van der Waals surface area contributed by atoms with Crippen molar-refractivity contribution in [2.24, 2.45) is 0 Å². The third-order valence-corrected chi connectivity index (χ3v) is 6.69. The van der Waals surface area contributed by atoms with Gasteiger partial charge in [-0.1, -0.05) is 25.1 Å². The topological polar surface area (TPSA) is 93.7 Å². The van der Waals surface area contributed by atoms with Gasteiger partial charge in [-0.15, -0.1) is 0 Å². The molecule has 0 aromatic heterocycles. The molecule has 0 radical (unpaired) electrons. The number of rotatable bonds is 9. The third-order valence-electron chi connectivity index (χ3n) is 5.31. The third kappa shape index (κ3) is 6.08. The van der Waals surface area contributed by atoms with Gasteiger partial charge in [-0.3, -0.25) is 9.52 Å². The number of benzene rings is 3. The van der Waals surface area contributed by atoms with E-state index in [1.807, 2.05) is 52.0 Å². The Morgan fingerprint density at radius 1 is 0.912 bits per heavy atom. The molecule has 0 heterocycles. The number of hydrogen-bond acceptors (Lipinski definition) is 5. The average molecular weight is 483 g/mol. The molecule has 1 amide bonds. The minimum Gasteiger partial charge on any atom is -0.495 e. The zero-order valence-electron chi connectivity index (χ0n) is 20.0. The summed E-state index contributed by atoms with van der Waals surface area (Å²) in [6, 6.07) is 17.1. The van der Waals surface area contributed by atoms with Crippen LogP contribution in [-0.2, 0) is 14.8 Å². The summed E-state index contributed by atoms with van der Waals surface area (Å²) < 4.78 is 39.5. The van der Waals surface area contributed by atoms with E-state index in [9.17, 15) is 13.2 Å². The van der Waals surface area contributed by atoms with Gasteiger partial charge in [-0.2, -0.15) is 0 Å². The predicted octanol–water partition coefficient (Wildman–Crippen LogP) is 5.22. The van der Waals surface area contributed by atoms with Gasteiger partial charge in [-0.25, -0.2) is 8.42 Å². The predicted molar refractivity (Wildman–Crippen MR) is 134 cm³/mol. The van der Waals surface area contributed by atoms with Gasteiger partial charge >= 0.3 is 0 Å². The van der Waals surface area contributed by atoms with Crippen LogP contribution in [0, 0.1) is 20.8 Å². The Labute approximate surface area is 201 Å². The zero-order valence-corrected chi connectivity index (χ0v) is 20.8. The Kier molecular flexibility index (Phi) is 7.83. The lowest BCUT2D eigenvalue weighted by Crippen LogP contribution is -2.32. The Balaban J connectivity index is 1.71. The number of aryl methyl sites for hydroxylation is 3. The lowest BCUT2D eigenvalue weighted by atomic mass is 10.1. The molecule has 0 aliphatic heterocycles. The van der Waals surface area contributed by atoms with Crippen molar-refractivity contribution in [1.82, 2.24) is 0 Å². The fourth-order valence-corrected chi connectivity index (χ4v) is 4.42. The molecule has 0 bridgehead atoms. The van der Waals surface area contributed by atoms with Crippen LogP contribution in [0.4, 0.5) is 11.4 Å². The molecular formula is C26H30N2O5S. The summed E-state index contributed by atoms with van der Waals surface area (Å²) in [5.41, 5.74) is 3.72. The molecule has 0 unspecified atom stereocenters. The van der Waals surface area contributed by atoms with Gasteiger partial charge in [0.1, 0.15) is 11.5 Å². The van der Waals surface area contributed by atoms with Crippen LogP contribution in [0.15, 0.2) is 65.6 Å². The minimum absolute atomic E-state index is 0.0627. The van der Waals surface area contributed by atoms with Crippen LogP contribution >= 0.6 is 0 Å². The first-order valence-electron chi connectivity index (χ1n) is 10.9. The van der Waals surface area contributed by atoms with Crippen LogP contribution in [0.1, 0.15) is 30.0 Å². The lowest BCUT2D eigenvalue weighted by molar-refractivity contribution is -0.122. The number of ether oxygens (including phenoxy) is 2. The molecule has 0 saturated carbocycles. The Morgan fingerprint density at radius 2 is 1.56 bits per heavy atom. The number of nitrogens with one attached hydrogen (secondary N) is 2. The van der Waals surface area contributed by atoms with E-state index >= 15 is 0 Å². The second-order valence-electron chi connectivity index (χ2n) is 8.11. The van der Waals surface area contributed by atoms with Crippen molar-refractivity contribution in [3.8, 4) is 11.5 Å². The van der Waals surface area contributed by atoms with Gasteiger partial charge < -0.3 is 14.8 Å². The van der Waals surface area contributed by atoms with E-state index in [1.165, 1.54) is 19.2 Å². The maximum Gasteiger partial charge on any atom is 0.265 e. The zero-order chi connectivity index (χ0) is 24.9. The molecule has 8 heteroatoms. The highest BCUT2D eigenvalue weighted by Gasteiger charge is 2.21. The minimum atomic E-state index is -3.85. The van der Waals surface area contributed by atoms with Gasteiger partial charge in [0.15, 0.2) is 6.10 Å². The molecule has 0 spiro atoms. The van der Waals surface area contributed by atoms with Crippen molar-refractivity contribution in [2.45, 2.75) is 45.1 Å². The summed E-state index contributed by atoms with van der Waals surface area (Å²) in [6.45, 7) is 7.63. The van der Waals surface area contributed by atoms with Gasteiger partial charge in [0.05, 0.1) is 17.7 Å². The molecule has 7 nitrogen and oxygen atoms in total. The van der Waals surface area contributed by atoms with E-state index in [0.29, 0.717) is 29.3 Å². The smallest absolute Gasteiger partial charge is 0.265 e. The van der Waals surface area contributed by atoms with Crippen LogP contribution in [-0.4, -0.2) is 27.5 Å². The molecule has 180 valence electrons. The number of methoxy groups -OCH3 is 1. The first-order chi connectivity index (χ1) is 16.1. The highest BCUT2D eigenvalue weighted by atomic mass is 32.2. The Morgan fingerprint density at radius 3 is 2.21 bits per heavy atom. The maximum absolute atomic E-state index is 12.9. The van der Waals surface area contributed by atoms with Crippen molar-refractivity contribution >= 4 is 27.3 Å². The van der Waals surface area contributed by atoms with E-state index in [2.05, 4.69) is 10.0 Å². The van der Waals surface area contributed by atoms with Gasteiger partial charge in [0.2, 0.25) is 0 Å². The molecule has 34 heavy (non-hydrogen) atoms. The van der Waals surface area contributed by atoms with Crippen LogP contribution in [0.3, 0.4) is 0 Å². The SMILES string of the molecule is CC[C@@H](Oc1cc(C)ccc1C)C(=O)Nc1ccc(S(=O)(=O)Nc2cc(C)ccc2OC)cc1. The summed E-state index contributed by atoms with van der Waals surface area (Å²) in [5, 5.41) is 2.80. The second-order valence-corrected chi connectivity index (χ2v) is 9.79. The number of sulfonamides is 1. The standard InChI is InChI=1S/C26H30N2O5S/c1-6-23(33-25-16-18(3)7-9-19(25)4)26(29)27-20-10-12-21(13-11-20)34(30,31)28-22-15-17(2)8-14-24(22)32-5/h7-16,23,28H,6H2,1-5H3,(H,27,29)/t23-/m1/s1. The van der Waals surface area contributed by atoms with E-state index in [0.717, 1.165) is 16.7 Å². The first-order valence-corrected chi connectivity index (χ1v) is 12.4. The van der Waals surface area contributed by atoms with E-state index in [-0.39, 0.29) is 10.8 Å². The average Bonchev–Trinajstić information content (AvgIpc) is 2.79. The molecule has 3 aromatic carbocycles. The highest BCUT2D eigenvalue weighted by molar-refractivity contribution is 7.92. The van der Waals surface area contributed by atoms with Crippen molar-refractivity contribution in [1.29, 1.82) is 0 Å². The molecule has 3 aromatic rings. The van der Waals surface area contributed by atoms with Crippen LogP contribution in [0.5, 0.6) is 11.5 Å².